The Kier molecular flexibility index (Phi) is 3.71. The van der Waals surface area contributed by atoms with Gasteiger partial charge in [0.25, 0.3) is 0 Å². The normalized spacial score (nSPS) is 9.94. The fraction of sp³-hybridized carbons (Fsp3) is 0. The topological polar surface area (TPSA) is 50.9 Å². The molecule has 0 radical (unpaired) electrons. The first-order valence-electron chi connectivity index (χ1n) is 4.93. The highest BCUT2D eigenvalue weighted by atomic mass is 79.9. The molecular formula is C12H10BrN3S. The Labute approximate surface area is 113 Å². The maximum atomic E-state index is 5.69. The Bertz CT molecular complexity index is 543. The Morgan fingerprint density at radius 3 is 2.82 bits per heavy atom. The van der Waals surface area contributed by atoms with Crippen LogP contribution in [0.3, 0.4) is 0 Å². The van der Waals surface area contributed by atoms with Crippen molar-refractivity contribution < 1.29 is 0 Å². The number of benzene rings is 1. The second-order valence-electron chi connectivity index (χ2n) is 3.42. The third-order valence-electron chi connectivity index (χ3n) is 2.19. The smallest absolute Gasteiger partial charge is 0.106 e. The molecule has 3 nitrogen and oxygen atoms in total. The van der Waals surface area contributed by atoms with Gasteiger partial charge in [-0.25, -0.2) is 0 Å². The second kappa shape index (κ2) is 5.25. The predicted molar refractivity (Wildman–Crippen MR) is 77.5 cm³/mol. The number of nitrogens with one attached hydrogen (secondary N) is 1. The van der Waals surface area contributed by atoms with Crippen LogP contribution in [0.15, 0.2) is 47.2 Å². The van der Waals surface area contributed by atoms with Crippen molar-refractivity contribution in [1.29, 1.82) is 0 Å². The molecule has 0 aliphatic carbocycles. The molecule has 0 fully saturated rings. The number of aromatic nitrogens is 1. The van der Waals surface area contributed by atoms with Crippen molar-refractivity contribution >= 4 is 44.5 Å². The van der Waals surface area contributed by atoms with Crippen LogP contribution in [-0.2, 0) is 0 Å². The molecule has 0 bridgehead atoms. The van der Waals surface area contributed by atoms with E-state index < -0.39 is 0 Å². The van der Waals surface area contributed by atoms with E-state index in [1.54, 1.807) is 12.4 Å². The second-order valence-corrected chi connectivity index (χ2v) is 4.78. The highest BCUT2D eigenvalue weighted by Gasteiger charge is 2.06. The van der Waals surface area contributed by atoms with Crippen molar-refractivity contribution in [3.63, 3.8) is 0 Å². The fourth-order valence-corrected chi connectivity index (χ4v) is 1.95. The number of hydrogen-bond donors (Lipinski definition) is 2. The average Bonchev–Trinajstić information content (AvgIpc) is 2.32. The van der Waals surface area contributed by atoms with Crippen molar-refractivity contribution in [1.82, 2.24) is 4.98 Å². The summed E-state index contributed by atoms with van der Waals surface area (Å²) in [5, 5.41) is 3.23. The molecule has 0 atom stereocenters. The first kappa shape index (κ1) is 12.0. The summed E-state index contributed by atoms with van der Waals surface area (Å²) in [5.41, 5.74) is 8.26. The van der Waals surface area contributed by atoms with E-state index in [0.29, 0.717) is 4.99 Å². The van der Waals surface area contributed by atoms with Crippen molar-refractivity contribution in [3.8, 4) is 0 Å². The van der Waals surface area contributed by atoms with Crippen LogP contribution in [0.25, 0.3) is 0 Å². The maximum Gasteiger partial charge on any atom is 0.106 e. The van der Waals surface area contributed by atoms with Gasteiger partial charge in [-0.15, -0.1) is 0 Å². The van der Waals surface area contributed by atoms with Gasteiger partial charge in [-0.2, -0.15) is 0 Å². The summed E-state index contributed by atoms with van der Waals surface area (Å²) in [6, 6.07) is 9.53. The van der Waals surface area contributed by atoms with Gasteiger partial charge in [-0.3, -0.25) is 4.98 Å². The summed E-state index contributed by atoms with van der Waals surface area (Å²) in [6.07, 6.45) is 3.46. The number of rotatable bonds is 3. The van der Waals surface area contributed by atoms with Crippen LogP contribution in [0.5, 0.6) is 0 Å². The molecule has 0 saturated heterocycles. The molecule has 1 aromatic carbocycles. The summed E-state index contributed by atoms with van der Waals surface area (Å²) < 4.78 is 0.942. The lowest BCUT2D eigenvalue weighted by atomic mass is 10.1. The van der Waals surface area contributed by atoms with Crippen molar-refractivity contribution in [2.45, 2.75) is 0 Å². The van der Waals surface area contributed by atoms with E-state index in [0.717, 1.165) is 21.4 Å². The highest BCUT2D eigenvalue weighted by Crippen LogP contribution is 2.24. The minimum Gasteiger partial charge on any atom is -0.389 e. The number of nitrogens with two attached hydrogens (primary N) is 1. The van der Waals surface area contributed by atoms with Gasteiger partial charge in [-0.1, -0.05) is 28.1 Å². The number of anilines is 2. The van der Waals surface area contributed by atoms with Gasteiger partial charge in [0, 0.05) is 21.9 Å². The monoisotopic (exact) mass is 307 g/mol. The minimum atomic E-state index is 0.359. The molecule has 0 aliphatic heterocycles. The van der Waals surface area contributed by atoms with E-state index >= 15 is 0 Å². The van der Waals surface area contributed by atoms with Crippen LogP contribution in [0.2, 0.25) is 0 Å². The first-order valence-corrected chi connectivity index (χ1v) is 6.13. The summed E-state index contributed by atoms with van der Waals surface area (Å²) in [6.45, 7) is 0. The minimum absolute atomic E-state index is 0.359. The Balaban J connectivity index is 2.36. The molecule has 86 valence electrons. The lowest BCUT2D eigenvalue weighted by molar-refractivity contribution is 1.32. The summed E-state index contributed by atoms with van der Waals surface area (Å²) in [7, 11) is 0. The number of hydrogen-bond acceptors (Lipinski definition) is 3. The van der Waals surface area contributed by atoms with Gasteiger partial charge >= 0.3 is 0 Å². The number of thiocarbonyl (C=S) groups is 1. The van der Waals surface area contributed by atoms with Gasteiger partial charge in [0.2, 0.25) is 0 Å². The quantitative estimate of drug-likeness (QED) is 0.855. The van der Waals surface area contributed by atoms with Gasteiger partial charge in [0.05, 0.1) is 11.9 Å². The van der Waals surface area contributed by atoms with Crippen LogP contribution in [0.1, 0.15) is 5.56 Å². The molecule has 0 aliphatic rings. The molecule has 2 aromatic rings. The van der Waals surface area contributed by atoms with Crippen LogP contribution in [0, 0.1) is 0 Å². The molecule has 5 heteroatoms. The van der Waals surface area contributed by atoms with Gasteiger partial charge in [0.15, 0.2) is 0 Å². The highest BCUT2D eigenvalue weighted by molar-refractivity contribution is 9.10. The molecule has 17 heavy (non-hydrogen) atoms. The van der Waals surface area contributed by atoms with Crippen LogP contribution < -0.4 is 11.1 Å². The molecule has 3 N–H and O–H groups in total. The molecular weight excluding hydrogens is 298 g/mol. The fourth-order valence-electron chi connectivity index (χ4n) is 1.42. The SMILES string of the molecule is NC(=S)c1cc(Br)ccc1Nc1cccnc1. The summed E-state index contributed by atoms with van der Waals surface area (Å²) in [4.78, 5) is 4.40. The molecule has 0 unspecified atom stereocenters. The summed E-state index contributed by atoms with van der Waals surface area (Å²) >= 11 is 8.42. The predicted octanol–water partition coefficient (Wildman–Crippen LogP) is 3.22. The molecule has 0 amide bonds. The number of pyridine rings is 1. The third-order valence-corrected chi connectivity index (χ3v) is 2.90. The van der Waals surface area contributed by atoms with E-state index in [4.69, 9.17) is 18.0 Å². The molecule has 2 rings (SSSR count). The largest absolute Gasteiger partial charge is 0.389 e. The van der Waals surface area contributed by atoms with Crippen molar-refractivity contribution in [2.24, 2.45) is 5.73 Å². The van der Waals surface area contributed by atoms with Crippen LogP contribution in [-0.4, -0.2) is 9.97 Å². The van der Waals surface area contributed by atoms with Crippen molar-refractivity contribution in [2.75, 3.05) is 5.32 Å². The van der Waals surface area contributed by atoms with Crippen LogP contribution in [0.4, 0.5) is 11.4 Å². The number of halogens is 1. The van der Waals surface area contributed by atoms with E-state index in [9.17, 15) is 0 Å². The Morgan fingerprint density at radius 2 is 2.18 bits per heavy atom. The zero-order valence-corrected chi connectivity index (χ0v) is 11.3. The third kappa shape index (κ3) is 3.01. The lowest BCUT2D eigenvalue weighted by Crippen LogP contribution is -2.12. The van der Waals surface area contributed by atoms with E-state index in [2.05, 4.69) is 26.2 Å². The molecule has 0 saturated carbocycles. The van der Waals surface area contributed by atoms with Gasteiger partial charge in [0.1, 0.15) is 4.99 Å². The number of nitrogens with zero attached hydrogens (tertiary/aromatic N) is 1. The zero-order chi connectivity index (χ0) is 12.3. The molecule has 1 aromatic heterocycles. The maximum absolute atomic E-state index is 5.69. The molecule has 0 spiro atoms. The van der Waals surface area contributed by atoms with Crippen molar-refractivity contribution in [3.05, 3.63) is 52.8 Å². The Hall–Kier alpha value is -1.46. The van der Waals surface area contributed by atoms with E-state index in [1.807, 2.05) is 30.3 Å². The first-order chi connectivity index (χ1) is 8.16. The summed E-state index contributed by atoms with van der Waals surface area (Å²) in [5.74, 6) is 0. The lowest BCUT2D eigenvalue weighted by Gasteiger charge is -2.11. The van der Waals surface area contributed by atoms with Gasteiger partial charge in [-0.05, 0) is 30.3 Å². The van der Waals surface area contributed by atoms with E-state index in [-0.39, 0.29) is 0 Å². The van der Waals surface area contributed by atoms with Crippen LogP contribution >= 0.6 is 28.1 Å². The van der Waals surface area contributed by atoms with E-state index in [1.165, 1.54) is 0 Å². The van der Waals surface area contributed by atoms with Gasteiger partial charge < -0.3 is 11.1 Å². The Morgan fingerprint density at radius 1 is 1.35 bits per heavy atom. The molecule has 1 heterocycles. The standard InChI is InChI=1S/C12H10BrN3S/c13-8-3-4-11(10(6-8)12(14)17)16-9-2-1-5-15-7-9/h1-7,16H,(H2,14,17). The average molecular weight is 308 g/mol. The zero-order valence-electron chi connectivity index (χ0n) is 8.85.